The molecule has 0 saturated carbocycles. The molecule has 1 heterocycles. The van der Waals surface area contributed by atoms with Gasteiger partial charge in [-0.2, -0.15) is 0 Å². The van der Waals surface area contributed by atoms with Gasteiger partial charge in [-0.05, 0) is 45.2 Å². The molecule has 0 bridgehead atoms. The largest absolute Gasteiger partial charge is 0.315 e. The van der Waals surface area contributed by atoms with E-state index in [2.05, 4.69) is 31.0 Å². The number of nitrogens with one attached hydrogen (secondary N) is 1. The molecule has 1 aliphatic rings. The maximum absolute atomic E-state index is 3.61. The molecule has 0 spiro atoms. The van der Waals surface area contributed by atoms with Gasteiger partial charge in [-0.1, -0.05) is 33.6 Å². The van der Waals surface area contributed by atoms with E-state index >= 15 is 0 Å². The van der Waals surface area contributed by atoms with Crippen LogP contribution < -0.4 is 5.32 Å². The second-order valence-corrected chi connectivity index (χ2v) is 5.42. The van der Waals surface area contributed by atoms with Crippen molar-refractivity contribution in [2.45, 2.75) is 77.8 Å². The Balaban J connectivity index is 2.49. The van der Waals surface area contributed by atoms with E-state index in [1.165, 1.54) is 64.6 Å². The third-order valence-electron chi connectivity index (χ3n) is 4.14. The third-order valence-corrected chi connectivity index (χ3v) is 4.14. The molecule has 17 heavy (non-hydrogen) atoms. The van der Waals surface area contributed by atoms with Crippen LogP contribution in [0, 0.1) is 0 Å². The van der Waals surface area contributed by atoms with Gasteiger partial charge in [0.15, 0.2) is 0 Å². The Kier molecular flexibility index (Phi) is 7.87. The van der Waals surface area contributed by atoms with E-state index in [1.807, 2.05) is 0 Å². The van der Waals surface area contributed by atoms with Crippen LogP contribution in [-0.4, -0.2) is 36.6 Å². The topological polar surface area (TPSA) is 15.3 Å². The molecule has 1 aliphatic heterocycles. The number of rotatable bonds is 7. The fourth-order valence-electron chi connectivity index (χ4n) is 3.06. The van der Waals surface area contributed by atoms with Crippen molar-refractivity contribution in [2.75, 3.05) is 19.6 Å². The summed E-state index contributed by atoms with van der Waals surface area (Å²) in [5.41, 5.74) is 0. The van der Waals surface area contributed by atoms with Gasteiger partial charge < -0.3 is 5.32 Å². The summed E-state index contributed by atoms with van der Waals surface area (Å²) >= 11 is 0. The van der Waals surface area contributed by atoms with Crippen LogP contribution in [0.15, 0.2) is 0 Å². The lowest BCUT2D eigenvalue weighted by atomic mass is 10.0. The standard InChI is InChI=1S/C15H32N2/c1-4-11-16-13-15(6-3)17-12-9-7-8-10-14(17)5-2/h14-16H,4-13H2,1-3H3. The summed E-state index contributed by atoms with van der Waals surface area (Å²) in [7, 11) is 0. The van der Waals surface area contributed by atoms with E-state index in [0.29, 0.717) is 0 Å². The second-order valence-electron chi connectivity index (χ2n) is 5.42. The third kappa shape index (κ3) is 4.97. The average molecular weight is 240 g/mol. The summed E-state index contributed by atoms with van der Waals surface area (Å²) in [4.78, 5) is 2.80. The van der Waals surface area contributed by atoms with Crippen molar-refractivity contribution in [3.8, 4) is 0 Å². The molecule has 0 aliphatic carbocycles. The second kappa shape index (κ2) is 8.93. The molecule has 1 rings (SSSR count). The van der Waals surface area contributed by atoms with Crippen LogP contribution in [-0.2, 0) is 0 Å². The van der Waals surface area contributed by atoms with Gasteiger partial charge in [0, 0.05) is 18.6 Å². The van der Waals surface area contributed by atoms with Crippen molar-refractivity contribution in [1.82, 2.24) is 10.2 Å². The van der Waals surface area contributed by atoms with Gasteiger partial charge in [-0.3, -0.25) is 4.90 Å². The van der Waals surface area contributed by atoms with E-state index in [9.17, 15) is 0 Å². The average Bonchev–Trinajstić information content (AvgIpc) is 2.60. The highest BCUT2D eigenvalue weighted by Crippen LogP contribution is 2.22. The summed E-state index contributed by atoms with van der Waals surface area (Å²) in [6.07, 6.45) is 9.55. The minimum Gasteiger partial charge on any atom is -0.315 e. The van der Waals surface area contributed by atoms with Crippen LogP contribution in [0.2, 0.25) is 0 Å². The van der Waals surface area contributed by atoms with Gasteiger partial charge in [0.25, 0.3) is 0 Å². The molecular weight excluding hydrogens is 208 g/mol. The quantitative estimate of drug-likeness (QED) is 0.686. The fraction of sp³-hybridized carbons (Fsp3) is 1.00. The van der Waals surface area contributed by atoms with Crippen molar-refractivity contribution in [2.24, 2.45) is 0 Å². The van der Waals surface area contributed by atoms with Crippen LogP contribution in [0.5, 0.6) is 0 Å². The summed E-state index contributed by atoms with van der Waals surface area (Å²) in [5.74, 6) is 0. The van der Waals surface area contributed by atoms with E-state index in [4.69, 9.17) is 0 Å². The maximum Gasteiger partial charge on any atom is 0.0220 e. The lowest BCUT2D eigenvalue weighted by Crippen LogP contribution is -2.47. The molecule has 1 fully saturated rings. The first-order valence-electron chi connectivity index (χ1n) is 7.79. The predicted molar refractivity (Wildman–Crippen MR) is 76.5 cm³/mol. The van der Waals surface area contributed by atoms with E-state index < -0.39 is 0 Å². The fourth-order valence-corrected chi connectivity index (χ4v) is 3.06. The normalized spacial score (nSPS) is 24.5. The van der Waals surface area contributed by atoms with Crippen molar-refractivity contribution in [3.63, 3.8) is 0 Å². The van der Waals surface area contributed by atoms with Gasteiger partial charge in [-0.25, -0.2) is 0 Å². The van der Waals surface area contributed by atoms with Crippen molar-refractivity contribution in [3.05, 3.63) is 0 Å². The van der Waals surface area contributed by atoms with Gasteiger partial charge in [0.05, 0.1) is 0 Å². The maximum atomic E-state index is 3.61. The highest BCUT2D eigenvalue weighted by molar-refractivity contribution is 4.81. The predicted octanol–water partition coefficient (Wildman–Crippen LogP) is 3.42. The van der Waals surface area contributed by atoms with Gasteiger partial charge >= 0.3 is 0 Å². The highest BCUT2D eigenvalue weighted by atomic mass is 15.2. The molecule has 102 valence electrons. The van der Waals surface area contributed by atoms with Crippen LogP contribution in [0.1, 0.15) is 65.7 Å². The van der Waals surface area contributed by atoms with Gasteiger partial charge in [-0.15, -0.1) is 0 Å². The Labute approximate surface area is 108 Å². The Morgan fingerprint density at radius 1 is 1.18 bits per heavy atom. The van der Waals surface area contributed by atoms with E-state index in [-0.39, 0.29) is 0 Å². The van der Waals surface area contributed by atoms with Crippen molar-refractivity contribution < 1.29 is 0 Å². The molecule has 2 unspecified atom stereocenters. The molecule has 0 aromatic rings. The molecule has 2 nitrogen and oxygen atoms in total. The number of hydrogen-bond acceptors (Lipinski definition) is 2. The smallest absolute Gasteiger partial charge is 0.0220 e. The minimum atomic E-state index is 0.754. The zero-order valence-electron chi connectivity index (χ0n) is 12.2. The summed E-state index contributed by atoms with van der Waals surface area (Å²) in [6.45, 7) is 10.6. The first kappa shape index (κ1) is 15.0. The molecule has 1 saturated heterocycles. The van der Waals surface area contributed by atoms with Crippen LogP contribution >= 0.6 is 0 Å². The van der Waals surface area contributed by atoms with Gasteiger partial charge in [0.2, 0.25) is 0 Å². The molecule has 0 amide bonds. The summed E-state index contributed by atoms with van der Waals surface area (Å²) in [6, 6.07) is 1.59. The van der Waals surface area contributed by atoms with Crippen molar-refractivity contribution in [1.29, 1.82) is 0 Å². The number of hydrogen-bond donors (Lipinski definition) is 1. The molecule has 0 aromatic heterocycles. The van der Waals surface area contributed by atoms with E-state index in [1.54, 1.807) is 0 Å². The Morgan fingerprint density at radius 2 is 2.00 bits per heavy atom. The lowest BCUT2D eigenvalue weighted by Gasteiger charge is -2.36. The Morgan fingerprint density at radius 3 is 2.65 bits per heavy atom. The minimum absolute atomic E-state index is 0.754. The summed E-state index contributed by atoms with van der Waals surface area (Å²) in [5, 5.41) is 3.61. The Bertz CT molecular complexity index is 182. The molecule has 1 N–H and O–H groups in total. The van der Waals surface area contributed by atoms with Crippen LogP contribution in [0.3, 0.4) is 0 Å². The highest BCUT2D eigenvalue weighted by Gasteiger charge is 2.25. The first-order valence-corrected chi connectivity index (χ1v) is 7.79. The number of nitrogens with zero attached hydrogens (tertiary/aromatic N) is 1. The van der Waals surface area contributed by atoms with E-state index in [0.717, 1.165) is 12.1 Å². The molecular formula is C15H32N2. The Hall–Kier alpha value is -0.0800. The molecule has 0 radical (unpaired) electrons. The monoisotopic (exact) mass is 240 g/mol. The summed E-state index contributed by atoms with van der Waals surface area (Å²) < 4.78 is 0. The zero-order chi connectivity index (χ0) is 12.5. The lowest BCUT2D eigenvalue weighted by molar-refractivity contribution is 0.126. The SMILES string of the molecule is CCCNCC(CC)N1CCCCCC1CC. The molecule has 2 atom stereocenters. The van der Waals surface area contributed by atoms with Crippen LogP contribution in [0.4, 0.5) is 0 Å². The molecule has 2 heteroatoms. The zero-order valence-corrected chi connectivity index (χ0v) is 12.2. The van der Waals surface area contributed by atoms with Gasteiger partial charge in [0.1, 0.15) is 0 Å². The molecule has 0 aromatic carbocycles. The van der Waals surface area contributed by atoms with Crippen molar-refractivity contribution >= 4 is 0 Å². The first-order chi connectivity index (χ1) is 8.33. The number of likely N-dealkylation sites (tertiary alicyclic amines) is 1. The van der Waals surface area contributed by atoms with Crippen LogP contribution in [0.25, 0.3) is 0 Å².